The lowest BCUT2D eigenvalue weighted by Crippen LogP contribution is -2.03. The number of unbranched alkanes of at least 4 members (excludes halogenated alkanes) is 7. The van der Waals surface area contributed by atoms with E-state index in [4.69, 9.17) is 4.55 Å². The molecule has 0 saturated heterocycles. The number of hydrogen-bond acceptors (Lipinski definition) is 2. The van der Waals surface area contributed by atoms with Gasteiger partial charge in [-0.05, 0) is 6.42 Å². The maximum Gasteiger partial charge on any atom is 0.264 e. The van der Waals surface area contributed by atoms with Crippen LogP contribution >= 0.6 is 0 Å². The lowest BCUT2D eigenvalue weighted by molar-refractivity contribution is 0.478. The van der Waals surface area contributed by atoms with E-state index in [-0.39, 0.29) is 28.8 Å². The summed E-state index contributed by atoms with van der Waals surface area (Å²) in [6, 6.07) is 0. The van der Waals surface area contributed by atoms with E-state index >= 15 is 0 Å². The van der Waals surface area contributed by atoms with Gasteiger partial charge in [0.15, 0.2) is 0 Å². The highest BCUT2D eigenvalue weighted by Crippen LogP contribution is 2.08. The Labute approximate surface area is 110 Å². The monoisotopic (exact) mass is 246 g/mol. The molecule has 0 aliphatic heterocycles. The maximum atomic E-state index is 10.4. The van der Waals surface area contributed by atoms with E-state index in [0.29, 0.717) is 6.42 Å². The fourth-order valence-corrected chi connectivity index (χ4v) is 1.99. The molecule has 0 heterocycles. The maximum absolute atomic E-state index is 10.4. The zero-order valence-electron chi connectivity index (χ0n) is 9.74. The zero-order valence-corrected chi connectivity index (χ0v) is 12.0. The summed E-state index contributed by atoms with van der Waals surface area (Å²) in [5.74, 6) is -0.0814. The number of hydrogen-bond donors (Lipinski definition) is 1. The molecule has 1 N–H and O–H groups in total. The van der Waals surface area contributed by atoms with Gasteiger partial charge in [-0.15, -0.1) is 0 Å². The van der Waals surface area contributed by atoms with Crippen LogP contribution in [-0.4, -0.2) is 41.8 Å². The first kappa shape index (κ1) is 18.1. The summed E-state index contributed by atoms with van der Waals surface area (Å²) in [4.78, 5) is 0. The Kier molecular flexibility index (Phi) is 13.4. The highest BCUT2D eigenvalue weighted by atomic mass is 32.2. The van der Waals surface area contributed by atoms with Crippen molar-refractivity contribution in [2.45, 2.75) is 58.3 Å². The van der Waals surface area contributed by atoms with E-state index in [1.165, 1.54) is 32.1 Å². The smallest absolute Gasteiger partial charge is 0.264 e. The Morgan fingerprint density at radius 1 is 0.867 bits per heavy atom. The molecular weight excluding hydrogens is 224 g/mol. The third kappa shape index (κ3) is 17.3. The summed E-state index contributed by atoms with van der Waals surface area (Å²) in [6.45, 7) is 2.19. The van der Waals surface area contributed by atoms with Crippen LogP contribution in [0.4, 0.5) is 0 Å². The van der Waals surface area contributed by atoms with Crippen molar-refractivity contribution in [3.05, 3.63) is 0 Å². The van der Waals surface area contributed by atoms with Crippen molar-refractivity contribution in [2.24, 2.45) is 0 Å². The molecule has 88 valence electrons. The van der Waals surface area contributed by atoms with Crippen LogP contribution in [0.2, 0.25) is 0 Å². The molecule has 0 aromatic heterocycles. The molecule has 2 radical (unpaired) electrons. The van der Waals surface area contributed by atoms with Crippen LogP contribution < -0.4 is 0 Å². The Hall–Kier alpha value is 0.676. The van der Waals surface area contributed by atoms with Gasteiger partial charge in [-0.1, -0.05) is 51.9 Å². The SMILES string of the molecule is CCCCCCCCCCS(=O)(=O)O.[Mg]. The second-order valence-corrected chi connectivity index (χ2v) is 5.33. The van der Waals surface area contributed by atoms with Crippen molar-refractivity contribution in [3.63, 3.8) is 0 Å². The molecule has 0 rings (SSSR count). The molecular formula is C10H22MgO3S. The summed E-state index contributed by atoms with van der Waals surface area (Å²) < 4.78 is 29.2. The molecule has 0 saturated carbocycles. The van der Waals surface area contributed by atoms with E-state index in [2.05, 4.69) is 6.92 Å². The average Bonchev–Trinajstić information content (AvgIpc) is 2.08. The molecule has 5 heteroatoms. The molecule has 0 spiro atoms. The van der Waals surface area contributed by atoms with Crippen LogP contribution in [0.25, 0.3) is 0 Å². The second-order valence-electron chi connectivity index (χ2n) is 3.76. The van der Waals surface area contributed by atoms with Crippen molar-refractivity contribution in [1.29, 1.82) is 0 Å². The van der Waals surface area contributed by atoms with Gasteiger partial charge in [0, 0.05) is 23.1 Å². The Balaban J connectivity index is 0. The third-order valence-electron chi connectivity index (χ3n) is 2.26. The first-order chi connectivity index (χ1) is 6.56. The van der Waals surface area contributed by atoms with Gasteiger partial charge in [0.1, 0.15) is 0 Å². The highest BCUT2D eigenvalue weighted by molar-refractivity contribution is 7.85. The minimum atomic E-state index is -3.73. The first-order valence-corrected chi connectivity index (χ1v) is 7.12. The zero-order chi connectivity index (χ0) is 10.9. The Morgan fingerprint density at radius 2 is 1.27 bits per heavy atom. The van der Waals surface area contributed by atoms with Crippen molar-refractivity contribution in [3.8, 4) is 0 Å². The summed E-state index contributed by atoms with van der Waals surface area (Å²) in [5, 5.41) is 0. The second kappa shape index (κ2) is 11.2. The quantitative estimate of drug-likeness (QED) is 0.387. The Bertz CT molecular complexity index is 215. The topological polar surface area (TPSA) is 54.4 Å². The van der Waals surface area contributed by atoms with Crippen molar-refractivity contribution in [1.82, 2.24) is 0 Å². The third-order valence-corrected chi connectivity index (χ3v) is 3.06. The molecule has 0 fully saturated rings. The lowest BCUT2D eigenvalue weighted by Gasteiger charge is -2.00. The van der Waals surface area contributed by atoms with Gasteiger partial charge in [-0.3, -0.25) is 4.55 Å². The molecule has 0 atom stereocenters. The predicted molar refractivity (Wildman–Crippen MR) is 64.8 cm³/mol. The molecule has 0 unspecified atom stereocenters. The molecule has 0 bridgehead atoms. The van der Waals surface area contributed by atoms with Crippen molar-refractivity contribution < 1.29 is 13.0 Å². The highest BCUT2D eigenvalue weighted by Gasteiger charge is 2.02. The normalized spacial score (nSPS) is 11.1. The summed E-state index contributed by atoms with van der Waals surface area (Å²) in [7, 11) is -3.73. The van der Waals surface area contributed by atoms with Crippen LogP contribution in [0.15, 0.2) is 0 Å². The summed E-state index contributed by atoms with van der Waals surface area (Å²) in [5.41, 5.74) is 0. The van der Waals surface area contributed by atoms with Gasteiger partial charge in [0.2, 0.25) is 0 Å². The van der Waals surface area contributed by atoms with Crippen LogP contribution in [0.3, 0.4) is 0 Å². The van der Waals surface area contributed by atoms with Crippen molar-refractivity contribution >= 4 is 33.2 Å². The van der Waals surface area contributed by atoms with Crippen LogP contribution in [0.5, 0.6) is 0 Å². The first-order valence-electron chi connectivity index (χ1n) is 5.51. The van der Waals surface area contributed by atoms with Gasteiger partial charge >= 0.3 is 0 Å². The fraction of sp³-hybridized carbons (Fsp3) is 1.00. The summed E-state index contributed by atoms with van der Waals surface area (Å²) in [6.07, 6.45) is 8.85. The molecule has 0 aliphatic carbocycles. The summed E-state index contributed by atoms with van der Waals surface area (Å²) >= 11 is 0. The molecule has 0 aromatic carbocycles. The minimum Gasteiger partial charge on any atom is -0.286 e. The largest absolute Gasteiger partial charge is 0.286 e. The molecule has 15 heavy (non-hydrogen) atoms. The molecule has 0 amide bonds. The van der Waals surface area contributed by atoms with E-state index < -0.39 is 10.1 Å². The van der Waals surface area contributed by atoms with Crippen LogP contribution in [-0.2, 0) is 10.1 Å². The molecule has 0 aliphatic rings. The van der Waals surface area contributed by atoms with Crippen LogP contribution in [0, 0.1) is 0 Å². The van der Waals surface area contributed by atoms with Gasteiger partial charge < -0.3 is 0 Å². The van der Waals surface area contributed by atoms with E-state index in [1.807, 2.05) is 0 Å². The Morgan fingerprint density at radius 3 is 1.67 bits per heavy atom. The van der Waals surface area contributed by atoms with Gasteiger partial charge in [0.05, 0.1) is 5.75 Å². The van der Waals surface area contributed by atoms with E-state index in [1.54, 1.807) is 0 Å². The van der Waals surface area contributed by atoms with Crippen molar-refractivity contribution in [2.75, 3.05) is 5.75 Å². The van der Waals surface area contributed by atoms with Gasteiger partial charge in [0.25, 0.3) is 10.1 Å². The average molecular weight is 247 g/mol. The minimum absolute atomic E-state index is 0. The molecule has 3 nitrogen and oxygen atoms in total. The van der Waals surface area contributed by atoms with E-state index in [0.717, 1.165) is 12.8 Å². The predicted octanol–water partition coefficient (Wildman–Crippen LogP) is 2.63. The van der Waals surface area contributed by atoms with E-state index in [9.17, 15) is 8.42 Å². The number of rotatable bonds is 9. The van der Waals surface area contributed by atoms with Gasteiger partial charge in [-0.2, -0.15) is 8.42 Å². The lowest BCUT2D eigenvalue weighted by atomic mass is 10.1. The fourth-order valence-electron chi connectivity index (χ4n) is 1.42. The van der Waals surface area contributed by atoms with Gasteiger partial charge in [-0.25, -0.2) is 0 Å². The van der Waals surface area contributed by atoms with Crippen LogP contribution in [0.1, 0.15) is 58.3 Å². The standard InChI is InChI=1S/C10H22O3S.Mg/c1-2-3-4-5-6-7-8-9-10-14(11,12)13;/h2-10H2,1H3,(H,11,12,13);. The molecule has 0 aromatic rings.